The van der Waals surface area contributed by atoms with E-state index in [0.29, 0.717) is 16.6 Å². The number of nitrogens with one attached hydrogen (secondary N) is 1. The van der Waals surface area contributed by atoms with Crippen LogP contribution in [0.5, 0.6) is 0 Å². The fourth-order valence-electron chi connectivity index (χ4n) is 4.23. The van der Waals surface area contributed by atoms with Crippen LogP contribution < -0.4 is 20.9 Å². The van der Waals surface area contributed by atoms with E-state index in [4.69, 9.17) is 26.8 Å². The SMILES string of the molecule is NCC(=O)NCCCC(=O)N(C[C@H]1CN(c2ccc(N3CCOCC3=O)cc2F)C(=O)O1)C(=O)c1ccc(Cl)s1. The molecule has 12 nitrogen and oxygen atoms in total. The molecule has 0 radical (unpaired) electrons. The third-order valence-electron chi connectivity index (χ3n) is 6.19. The highest BCUT2D eigenvalue weighted by Crippen LogP contribution is 2.30. The predicted molar refractivity (Wildman–Crippen MR) is 144 cm³/mol. The summed E-state index contributed by atoms with van der Waals surface area (Å²) in [7, 11) is 0. The van der Waals surface area contributed by atoms with E-state index in [1.807, 2.05) is 0 Å². The van der Waals surface area contributed by atoms with Crippen molar-refractivity contribution in [1.82, 2.24) is 10.2 Å². The lowest BCUT2D eigenvalue weighted by Crippen LogP contribution is -2.43. The molecule has 0 bridgehead atoms. The fourth-order valence-corrected chi connectivity index (χ4v) is 5.22. The molecule has 1 atom stereocenters. The van der Waals surface area contributed by atoms with Gasteiger partial charge < -0.3 is 25.4 Å². The lowest BCUT2D eigenvalue weighted by Gasteiger charge is -2.27. The largest absolute Gasteiger partial charge is 0.442 e. The molecule has 15 heteroatoms. The molecule has 2 aliphatic heterocycles. The summed E-state index contributed by atoms with van der Waals surface area (Å²) in [6, 6.07) is 7.06. The van der Waals surface area contributed by atoms with E-state index in [2.05, 4.69) is 5.32 Å². The number of amides is 5. The molecule has 4 rings (SSSR count). The summed E-state index contributed by atoms with van der Waals surface area (Å²) >= 11 is 6.96. The van der Waals surface area contributed by atoms with E-state index >= 15 is 4.39 Å². The van der Waals surface area contributed by atoms with E-state index in [9.17, 15) is 24.0 Å². The van der Waals surface area contributed by atoms with Crippen molar-refractivity contribution >= 4 is 64.0 Å². The summed E-state index contributed by atoms with van der Waals surface area (Å²) in [5, 5.41) is 2.55. The molecule has 0 spiro atoms. The van der Waals surface area contributed by atoms with Gasteiger partial charge in [-0.15, -0.1) is 11.3 Å². The minimum atomic E-state index is -0.937. The van der Waals surface area contributed by atoms with Gasteiger partial charge in [0.15, 0.2) is 0 Å². The van der Waals surface area contributed by atoms with Crippen LogP contribution in [0.15, 0.2) is 30.3 Å². The van der Waals surface area contributed by atoms with Crippen molar-refractivity contribution in [3.05, 3.63) is 45.4 Å². The van der Waals surface area contributed by atoms with Gasteiger partial charge in [-0.25, -0.2) is 9.18 Å². The zero-order chi connectivity index (χ0) is 28.8. The highest BCUT2D eigenvalue weighted by Gasteiger charge is 2.37. The van der Waals surface area contributed by atoms with Gasteiger partial charge in [-0.1, -0.05) is 11.6 Å². The summed E-state index contributed by atoms with van der Waals surface area (Å²) in [6.07, 6.45) is -1.61. The first-order valence-electron chi connectivity index (χ1n) is 12.4. The Bertz CT molecular complexity index is 1310. The van der Waals surface area contributed by atoms with Crippen LogP contribution in [0.25, 0.3) is 0 Å². The molecule has 2 saturated heterocycles. The summed E-state index contributed by atoms with van der Waals surface area (Å²) < 4.78 is 25.9. The Morgan fingerprint density at radius 3 is 2.67 bits per heavy atom. The fraction of sp³-hybridized carbons (Fsp3) is 0.400. The van der Waals surface area contributed by atoms with Gasteiger partial charge in [-0.05, 0) is 36.8 Å². The van der Waals surface area contributed by atoms with Crippen molar-refractivity contribution in [2.24, 2.45) is 5.73 Å². The maximum Gasteiger partial charge on any atom is 0.414 e. The number of carbonyl (C=O) groups is 5. The molecule has 3 heterocycles. The van der Waals surface area contributed by atoms with E-state index in [0.717, 1.165) is 27.2 Å². The quantitative estimate of drug-likeness (QED) is 0.394. The maximum absolute atomic E-state index is 15.1. The molecule has 0 saturated carbocycles. The second-order valence-corrected chi connectivity index (χ2v) is 10.6. The van der Waals surface area contributed by atoms with Gasteiger partial charge in [0.1, 0.15) is 18.5 Å². The second kappa shape index (κ2) is 13.2. The molecular weight excluding hydrogens is 569 g/mol. The van der Waals surface area contributed by atoms with E-state index < -0.39 is 29.8 Å². The number of anilines is 2. The van der Waals surface area contributed by atoms with Crippen LogP contribution in [-0.4, -0.2) is 86.7 Å². The standard InChI is InChI=1S/C25H27ClFN5O7S/c26-20-6-5-19(40-20)24(36)32(22(34)2-1-7-29-21(33)11-28)13-16-12-31(25(37)39-16)18-4-3-15(10-17(18)27)30-8-9-38-14-23(30)35/h3-6,10,16H,1-2,7-9,11-14,28H2,(H,29,33)/t16-/m1/s1. The van der Waals surface area contributed by atoms with Crippen LogP contribution in [0.2, 0.25) is 4.34 Å². The van der Waals surface area contributed by atoms with Crippen LogP contribution >= 0.6 is 22.9 Å². The summed E-state index contributed by atoms with van der Waals surface area (Å²) in [6.45, 7) is 0.105. The third kappa shape index (κ3) is 6.94. The number of halogens is 2. The van der Waals surface area contributed by atoms with Gasteiger partial charge in [0, 0.05) is 25.2 Å². The smallest absolute Gasteiger partial charge is 0.414 e. The molecule has 1 aromatic heterocycles. The number of cyclic esters (lactones) is 1. The van der Waals surface area contributed by atoms with Crippen molar-refractivity contribution in [3.8, 4) is 0 Å². The Kier molecular flexibility index (Phi) is 9.68. The number of thiophene rings is 1. The molecule has 214 valence electrons. The van der Waals surface area contributed by atoms with Gasteiger partial charge in [-0.2, -0.15) is 0 Å². The molecule has 2 fully saturated rings. The molecule has 1 aromatic carbocycles. The normalized spacial score (nSPS) is 17.1. The lowest BCUT2D eigenvalue weighted by molar-refractivity contribution is -0.130. The first-order chi connectivity index (χ1) is 19.2. The number of nitrogens with zero attached hydrogens (tertiary/aromatic N) is 3. The van der Waals surface area contributed by atoms with Crippen LogP contribution in [0.3, 0.4) is 0 Å². The van der Waals surface area contributed by atoms with Crippen molar-refractivity contribution in [1.29, 1.82) is 0 Å². The molecule has 3 N–H and O–H groups in total. The average molecular weight is 596 g/mol. The zero-order valence-corrected chi connectivity index (χ0v) is 22.8. The third-order valence-corrected chi connectivity index (χ3v) is 7.40. The van der Waals surface area contributed by atoms with Gasteiger partial charge in [0.2, 0.25) is 11.8 Å². The Hall–Kier alpha value is -3.59. The van der Waals surface area contributed by atoms with Gasteiger partial charge in [0.25, 0.3) is 11.8 Å². The Labute approximate surface area is 237 Å². The summed E-state index contributed by atoms with van der Waals surface area (Å²) in [5.74, 6) is -2.58. The lowest BCUT2D eigenvalue weighted by atomic mass is 10.2. The average Bonchev–Trinajstić information content (AvgIpc) is 3.54. The van der Waals surface area contributed by atoms with Crippen molar-refractivity contribution in [3.63, 3.8) is 0 Å². The minimum Gasteiger partial charge on any atom is -0.442 e. The molecular formula is C25H27ClFN5O7S. The molecule has 0 aliphatic carbocycles. The minimum absolute atomic E-state index is 0.0677. The first kappa shape index (κ1) is 29.4. The number of morpholine rings is 1. The monoisotopic (exact) mass is 595 g/mol. The van der Waals surface area contributed by atoms with E-state index in [-0.39, 0.29) is 74.6 Å². The highest BCUT2D eigenvalue weighted by molar-refractivity contribution is 7.18. The Morgan fingerprint density at radius 2 is 2.00 bits per heavy atom. The number of rotatable bonds is 10. The molecule has 5 amide bonds. The zero-order valence-electron chi connectivity index (χ0n) is 21.3. The van der Waals surface area contributed by atoms with Crippen LogP contribution in [0.1, 0.15) is 22.5 Å². The number of benzene rings is 1. The molecule has 2 aromatic rings. The van der Waals surface area contributed by atoms with Crippen LogP contribution in [-0.2, 0) is 23.9 Å². The predicted octanol–water partition coefficient (Wildman–Crippen LogP) is 1.75. The molecule has 40 heavy (non-hydrogen) atoms. The van der Waals surface area contributed by atoms with Gasteiger partial charge >= 0.3 is 6.09 Å². The number of nitrogens with two attached hydrogens (primary N) is 1. The number of imide groups is 1. The van der Waals surface area contributed by atoms with Crippen molar-refractivity contribution in [2.45, 2.75) is 18.9 Å². The Morgan fingerprint density at radius 1 is 1.20 bits per heavy atom. The molecule has 2 aliphatic rings. The van der Waals surface area contributed by atoms with Crippen LogP contribution in [0, 0.1) is 5.82 Å². The highest BCUT2D eigenvalue weighted by atomic mass is 35.5. The van der Waals surface area contributed by atoms with Gasteiger partial charge in [-0.3, -0.25) is 29.0 Å². The summed E-state index contributed by atoms with van der Waals surface area (Å²) in [5.41, 5.74) is 5.51. The number of ether oxygens (including phenoxy) is 2. The number of hydrogen-bond acceptors (Lipinski definition) is 9. The number of hydrogen-bond donors (Lipinski definition) is 2. The molecule has 0 unspecified atom stereocenters. The van der Waals surface area contributed by atoms with Crippen molar-refractivity contribution in [2.75, 3.05) is 55.7 Å². The van der Waals surface area contributed by atoms with E-state index in [1.165, 1.54) is 29.2 Å². The topological polar surface area (TPSA) is 152 Å². The first-order valence-corrected chi connectivity index (χ1v) is 13.6. The number of carbonyl (C=O) groups excluding carboxylic acids is 5. The summed E-state index contributed by atoms with van der Waals surface area (Å²) in [4.78, 5) is 66.0. The maximum atomic E-state index is 15.1. The van der Waals surface area contributed by atoms with Gasteiger partial charge in [0.05, 0.1) is 41.1 Å². The van der Waals surface area contributed by atoms with Crippen LogP contribution in [0.4, 0.5) is 20.6 Å². The Balaban J connectivity index is 1.45. The van der Waals surface area contributed by atoms with Crippen molar-refractivity contribution < 1.29 is 37.8 Å². The second-order valence-electron chi connectivity index (χ2n) is 8.92. The van der Waals surface area contributed by atoms with E-state index in [1.54, 1.807) is 0 Å².